The monoisotopic (exact) mass is 323 g/mol. The molecule has 3 nitrogen and oxygen atoms in total. The lowest BCUT2D eigenvalue weighted by molar-refractivity contribution is 0.549. The van der Waals surface area contributed by atoms with Crippen LogP contribution in [0.2, 0.25) is 0 Å². The minimum Gasteiger partial charge on any atom is -0.382 e. The number of hydrogen-bond acceptors (Lipinski definition) is 3. The molecule has 0 radical (unpaired) electrons. The number of nitrogens with zero attached hydrogens (tertiary/aromatic N) is 2. The number of para-hydroxylation sites is 1. The van der Waals surface area contributed by atoms with Crippen molar-refractivity contribution in [3.05, 3.63) is 60.4 Å². The third-order valence-electron chi connectivity index (χ3n) is 4.50. The molecule has 1 aromatic heterocycles. The molecule has 23 heavy (non-hydrogen) atoms. The summed E-state index contributed by atoms with van der Waals surface area (Å²) in [5.74, 6) is 0. The Balaban J connectivity index is 2.15. The van der Waals surface area contributed by atoms with Crippen molar-refractivity contribution in [3.63, 3.8) is 0 Å². The Labute approximate surface area is 142 Å². The Morgan fingerprint density at radius 1 is 1.17 bits per heavy atom. The molecule has 3 rings (SSSR count). The summed E-state index contributed by atoms with van der Waals surface area (Å²) in [5.41, 5.74) is 2.92. The molecular formula is C19H21N3S. The van der Waals surface area contributed by atoms with Gasteiger partial charge in [0, 0.05) is 25.2 Å². The Morgan fingerprint density at radius 3 is 2.70 bits per heavy atom. The van der Waals surface area contributed by atoms with E-state index in [2.05, 4.69) is 16.4 Å². The van der Waals surface area contributed by atoms with E-state index in [-0.39, 0.29) is 5.41 Å². The Bertz CT molecular complexity index is 697. The van der Waals surface area contributed by atoms with E-state index in [1.54, 1.807) is 6.20 Å². The van der Waals surface area contributed by atoms with Crippen LogP contribution in [0.1, 0.15) is 31.2 Å². The van der Waals surface area contributed by atoms with E-state index in [4.69, 9.17) is 17.2 Å². The van der Waals surface area contributed by atoms with Gasteiger partial charge in [0.15, 0.2) is 0 Å². The fourth-order valence-electron chi connectivity index (χ4n) is 3.37. The van der Waals surface area contributed by atoms with E-state index in [0.29, 0.717) is 0 Å². The summed E-state index contributed by atoms with van der Waals surface area (Å²) in [7, 11) is 1.90. The highest BCUT2D eigenvalue weighted by Crippen LogP contribution is 2.39. The SMILES string of the molecule is CNC(=S)C1(c2cccnc2)CCCC/C1=N/c1ccccc1. The summed E-state index contributed by atoms with van der Waals surface area (Å²) in [6, 6.07) is 14.2. The molecule has 2 aromatic rings. The molecule has 1 unspecified atom stereocenters. The van der Waals surface area contributed by atoms with Gasteiger partial charge in [-0.25, -0.2) is 0 Å². The zero-order chi connectivity index (χ0) is 16.1. The number of hydrogen-bond donors (Lipinski definition) is 1. The zero-order valence-corrected chi connectivity index (χ0v) is 14.1. The minimum absolute atomic E-state index is 0.341. The van der Waals surface area contributed by atoms with E-state index < -0.39 is 0 Å². The molecule has 1 N–H and O–H groups in total. The summed E-state index contributed by atoms with van der Waals surface area (Å²) < 4.78 is 0. The number of pyridine rings is 1. The van der Waals surface area contributed by atoms with Crippen molar-refractivity contribution in [1.29, 1.82) is 0 Å². The molecule has 0 aliphatic heterocycles. The third-order valence-corrected chi connectivity index (χ3v) is 5.05. The van der Waals surface area contributed by atoms with Crippen LogP contribution in [0.25, 0.3) is 0 Å². The summed E-state index contributed by atoms with van der Waals surface area (Å²) in [4.78, 5) is 10.1. The van der Waals surface area contributed by atoms with E-state index in [1.165, 1.54) is 0 Å². The van der Waals surface area contributed by atoms with Gasteiger partial charge in [0.05, 0.1) is 16.1 Å². The molecule has 1 saturated carbocycles. The highest BCUT2D eigenvalue weighted by atomic mass is 32.1. The topological polar surface area (TPSA) is 37.3 Å². The predicted octanol–water partition coefficient (Wildman–Crippen LogP) is 4.21. The van der Waals surface area contributed by atoms with Crippen molar-refractivity contribution >= 4 is 28.6 Å². The highest BCUT2D eigenvalue weighted by molar-refractivity contribution is 7.80. The van der Waals surface area contributed by atoms with Gasteiger partial charge in [-0.05, 0) is 43.0 Å². The highest BCUT2D eigenvalue weighted by Gasteiger charge is 2.43. The molecule has 1 aliphatic rings. The number of aromatic nitrogens is 1. The lowest BCUT2D eigenvalue weighted by Crippen LogP contribution is -2.49. The van der Waals surface area contributed by atoms with Crippen LogP contribution in [0.5, 0.6) is 0 Å². The van der Waals surface area contributed by atoms with Crippen molar-refractivity contribution in [3.8, 4) is 0 Å². The number of aliphatic imine (C=N–C) groups is 1. The van der Waals surface area contributed by atoms with Crippen LogP contribution in [0, 0.1) is 0 Å². The summed E-state index contributed by atoms with van der Waals surface area (Å²) in [5, 5.41) is 3.21. The molecule has 118 valence electrons. The van der Waals surface area contributed by atoms with Crippen molar-refractivity contribution in [1.82, 2.24) is 10.3 Å². The molecule has 4 heteroatoms. The second-order valence-electron chi connectivity index (χ2n) is 5.83. The lowest BCUT2D eigenvalue weighted by Gasteiger charge is -2.39. The first-order chi connectivity index (χ1) is 11.3. The molecule has 1 aromatic carbocycles. The van der Waals surface area contributed by atoms with E-state index in [1.807, 2.05) is 49.6 Å². The minimum atomic E-state index is -0.341. The number of rotatable bonds is 3. The van der Waals surface area contributed by atoms with Crippen molar-refractivity contribution in [2.75, 3.05) is 7.05 Å². The Kier molecular flexibility index (Phi) is 4.82. The van der Waals surface area contributed by atoms with Crippen molar-refractivity contribution in [2.24, 2.45) is 4.99 Å². The molecule has 1 heterocycles. The normalized spacial score (nSPS) is 22.7. The molecule has 0 amide bonds. The summed E-state index contributed by atoms with van der Waals surface area (Å²) in [6.45, 7) is 0. The van der Waals surface area contributed by atoms with E-state index in [9.17, 15) is 0 Å². The second-order valence-corrected chi connectivity index (χ2v) is 6.24. The molecule has 0 saturated heterocycles. The van der Waals surface area contributed by atoms with Crippen LogP contribution in [-0.4, -0.2) is 22.7 Å². The molecule has 0 spiro atoms. The fourth-order valence-corrected chi connectivity index (χ4v) is 3.70. The second kappa shape index (κ2) is 7.01. The van der Waals surface area contributed by atoms with Gasteiger partial charge in [-0.2, -0.15) is 0 Å². The molecule has 1 aliphatic carbocycles. The largest absolute Gasteiger partial charge is 0.382 e. The van der Waals surface area contributed by atoms with Crippen LogP contribution in [0.3, 0.4) is 0 Å². The van der Waals surface area contributed by atoms with Gasteiger partial charge in [-0.15, -0.1) is 0 Å². The summed E-state index contributed by atoms with van der Waals surface area (Å²) in [6.07, 6.45) is 7.96. The van der Waals surface area contributed by atoms with Gasteiger partial charge in [0.1, 0.15) is 0 Å². The van der Waals surface area contributed by atoms with E-state index >= 15 is 0 Å². The zero-order valence-electron chi connectivity index (χ0n) is 13.3. The summed E-state index contributed by atoms with van der Waals surface area (Å²) >= 11 is 5.74. The third kappa shape index (κ3) is 3.04. The van der Waals surface area contributed by atoms with Crippen molar-refractivity contribution in [2.45, 2.75) is 31.1 Å². The first-order valence-electron chi connectivity index (χ1n) is 8.03. The smallest absolute Gasteiger partial charge is 0.0916 e. The van der Waals surface area contributed by atoms with Gasteiger partial charge in [0.25, 0.3) is 0 Å². The first-order valence-corrected chi connectivity index (χ1v) is 8.44. The molecule has 1 fully saturated rings. The van der Waals surface area contributed by atoms with Gasteiger partial charge < -0.3 is 5.32 Å². The van der Waals surface area contributed by atoms with Crippen LogP contribution < -0.4 is 5.32 Å². The molecular weight excluding hydrogens is 302 g/mol. The van der Waals surface area contributed by atoms with Gasteiger partial charge in [-0.3, -0.25) is 9.98 Å². The standard InChI is InChI=1S/C19H21N3S/c1-20-18(23)19(15-8-7-13-21-14-15)12-6-5-11-17(19)22-16-9-3-2-4-10-16/h2-4,7-10,13-14H,5-6,11-12H2,1H3,(H,20,23)/b22-17-. The number of likely N-dealkylation sites (N-methyl/N-ethyl adjacent to an activating group) is 1. The number of nitrogens with one attached hydrogen (secondary N) is 1. The van der Waals surface area contributed by atoms with E-state index in [0.717, 1.165) is 47.6 Å². The Morgan fingerprint density at radius 2 is 2.00 bits per heavy atom. The quantitative estimate of drug-likeness (QED) is 0.860. The van der Waals surface area contributed by atoms with Gasteiger partial charge in [0.2, 0.25) is 0 Å². The van der Waals surface area contributed by atoms with Crippen LogP contribution in [-0.2, 0) is 5.41 Å². The average Bonchev–Trinajstić information content (AvgIpc) is 2.63. The maximum Gasteiger partial charge on any atom is 0.0916 e. The number of thiocarbonyl (C=S) groups is 1. The lowest BCUT2D eigenvalue weighted by atomic mass is 9.68. The first kappa shape index (κ1) is 15.8. The van der Waals surface area contributed by atoms with Crippen molar-refractivity contribution < 1.29 is 0 Å². The van der Waals surface area contributed by atoms with Crippen LogP contribution >= 0.6 is 12.2 Å². The molecule has 0 bridgehead atoms. The average molecular weight is 323 g/mol. The van der Waals surface area contributed by atoms with Crippen LogP contribution in [0.15, 0.2) is 59.9 Å². The van der Waals surface area contributed by atoms with Gasteiger partial charge >= 0.3 is 0 Å². The predicted molar refractivity (Wildman–Crippen MR) is 99.6 cm³/mol. The maximum atomic E-state index is 5.74. The van der Waals surface area contributed by atoms with Crippen LogP contribution in [0.4, 0.5) is 5.69 Å². The maximum absolute atomic E-state index is 5.74. The number of benzene rings is 1. The molecule has 1 atom stereocenters. The van der Waals surface area contributed by atoms with Gasteiger partial charge in [-0.1, -0.05) is 42.9 Å². The Hall–Kier alpha value is -2.07. The fraction of sp³-hybridized carbons (Fsp3) is 0.316.